The van der Waals surface area contributed by atoms with Crippen LogP contribution >= 0.6 is 0 Å². The second kappa shape index (κ2) is 6.39. The molecule has 0 aromatic heterocycles. The first-order valence-electron chi connectivity index (χ1n) is 6.67. The van der Waals surface area contributed by atoms with Crippen molar-refractivity contribution in [3.05, 3.63) is 35.7 Å². The summed E-state index contributed by atoms with van der Waals surface area (Å²) in [5.74, 6) is -1.64. The van der Waals surface area contributed by atoms with Gasteiger partial charge in [-0.2, -0.15) is 0 Å². The summed E-state index contributed by atoms with van der Waals surface area (Å²) in [6.07, 6.45) is 3.04. The highest BCUT2D eigenvalue weighted by Crippen LogP contribution is 2.27. The third kappa shape index (κ3) is 3.59. The monoisotopic (exact) mass is 292 g/mol. The number of carboxylic acid groups (broad SMARTS) is 1. The fourth-order valence-electron chi connectivity index (χ4n) is 2.34. The highest BCUT2D eigenvalue weighted by atomic mass is 19.1. The average Bonchev–Trinajstić information content (AvgIpc) is 2.59. The van der Waals surface area contributed by atoms with Crippen molar-refractivity contribution < 1.29 is 19.1 Å². The lowest BCUT2D eigenvalue weighted by Gasteiger charge is -2.24. The van der Waals surface area contributed by atoms with Gasteiger partial charge in [0.15, 0.2) is 0 Å². The van der Waals surface area contributed by atoms with Crippen LogP contribution in [0.5, 0.6) is 0 Å². The number of hydrogen-bond donors (Lipinski definition) is 1. The van der Waals surface area contributed by atoms with E-state index < -0.39 is 11.8 Å². The Balaban J connectivity index is 2.37. The molecule has 112 valence electrons. The largest absolute Gasteiger partial charge is 0.478 e. The average molecular weight is 292 g/mol. The number of para-hydroxylation sites is 1. The first kappa shape index (κ1) is 15.0. The number of anilines is 1. The molecule has 1 amide bonds. The third-order valence-electron chi connectivity index (χ3n) is 3.41. The number of rotatable bonds is 3. The minimum Gasteiger partial charge on any atom is -0.478 e. The van der Waals surface area contributed by atoms with Gasteiger partial charge in [-0.1, -0.05) is 12.1 Å². The second-order valence-electron chi connectivity index (χ2n) is 4.94. The van der Waals surface area contributed by atoms with Gasteiger partial charge in [-0.25, -0.2) is 9.18 Å². The van der Waals surface area contributed by atoms with E-state index in [1.807, 2.05) is 0 Å². The number of amides is 1. The van der Waals surface area contributed by atoms with Crippen molar-refractivity contribution in [1.29, 1.82) is 0 Å². The maximum absolute atomic E-state index is 14.2. The number of likely N-dealkylation sites (N-methyl/N-ethyl adjacent to an activating group) is 1. The predicted molar refractivity (Wildman–Crippen MR) is 77.5 cm³/mol. The second-order valence-corrected chi connectivity index (χ2v) is 4.94. The van der Waals surface area contributed by atoms with E-state index in [2.05, 4.69) is 0 Å². The normalized spacial score (nSPS) is 16.4. The van der Waals surface area contributed by atoms with Crippen molar-refractivity contribution in [2.24, 2.45) is 0 Å². The Labute approximate surface area is 122 Å². The van der Waals surface area contributed by atoms with Crippen molar-refractivity contribution >= 4 is 23.6 Å². The lowest BCUT2D eigenvalue weighted by Crippen LogP contribution is -2.35. The standard InChI is InChI=1S/C15H17FN2O3/c1-17-8-3-9-18(10-13(17)19)15-11(6-7-14(20)21)4-2-5-12(15)16/h2,4-7H,3,8-10H2,1H3,(H,20,21)/b7-6+. The van der Waals surface area contributed by atoms with Crippen molar-refractivity contribution in [2.75, 3.05) is 31.6 Å². The topological polar surface area (TPSA) is 60.9 Å². The minimum absolute atomic E-state index is 0.0797. The predicted octanol–water partition coefficient (Wildman–Crippen LogP) is 1.59. The van der Waals surface area contributed by atoms with Crippen LogP contribution in [0.4, 0.5) is 10.1 Å². The molecule has 1 heterocycles. The number of benzene rings is 1. The van der Waals surface area contributed by atoms with Crippen LogP contribution in [0.2, 0.25) is 0 Å². The van der Waals surface area contributed by atoms with Crippen LogP contribution < -0.4 is 4.90 Å². The Morgan fingerprint density at radius 3 is 2.86 bits per heavy atom. The van der Waals surface area contributed by atoms with Crippen LogP contribution in [0.25, 0.3) is 6.08 Å². The van der Waals surface area contributed by atoms with E-state index in [1.165, 1.54) is 18.2 Å². The number of carbonyl (C=O) groups is 2. The molecule has 0 spiro atoms. The van der Waals surface area contributed by atoms with Gasteiger partial charge in [0.1, 0.15) is 5.82 Å². The first-order valence-corrected chi connectivity index (χ1v) is 6.67. The maximum Gasteiger partial charge on any atom is 0.328 e. The summed E-state index contributed by atoms with van der Waals surface area (Å²) in [5, 5.41) is 8.71. The van der Waals surface area contributed by atoms with Gasteiger partial charge in [-0.05, 0) is 18.6 Å². The molecule has 0 radical (unpaired) electrons. The zero-order valence-corrected chi connectivity index (χ0v) is 11.8. The van der Waals surface area contributed by atoms with Crippen LogP contribution in [-0.2, 0) is 9.59 Å². The number of aliphatic carboxylic acids is 1. The summed E-state index contributed by atoms with van der Waals surface area (Å²) in [6.45, 7) is 1.26. The Morgan fingerprint density at radius 1 is 1.38 bits per heavy atom. The quantitative estimate of drug-likeness (QED) is 0.860. The number of hydrogen-bond acceptors (Lipinski definition) is 3. The summed E-state index contributed by atoms with van der Waals surface area (Å²) in [5.41, 5.74) is 0.730. The molecule has 1 aliphatic heterocycles. The van der Waals surface area contributed by atoms with E-state index in [-0.39, 0.29) is 18.1 Å². The molecule has 1 aromatic rings. The summed E-state index contributed by atoms with van der Waals surface area (Å²) in [4.78, 5) is 25.9. The molecular formula is C15H17FN2O3. The Morgan fingerprint density at radius 2 is 2.14 bits per heavy atom. The molecule has 0 unspecified atom stereocenters. The van der Waals surface area contributed by atoms with Gasteiger partial charge < -0.3 is 14.9 Å². The van der Waals surface area contributed by atoms with Gasteiger partial charge in [0.05, 0.1) is 12.2 Å². The lowest BCUT2D eigenvalue weighted by molar-refractivity contribution is -0.131. The maximum atomic E-state index is 14.2. The summed E-state index contributed by atoms with van der Waals surface area (Å²) in [7, 11) is 1.72. The van der Waals surface area contributed by atoms with Crippen molar-refractivity contribution in [2.45, 2.75) is 6.42 Å². The van der Waals surface area contributed by atoms with Crippen LogP contribution in [-0.4, -0.2) is 48.6 Å². The Bertz CT molecular complexity index is 586. The molecule has 1 fully saturated rings. The van der Waals surface area contributed by atoms with Crippen molar-refractivity contribution in [3.63, 3.8) is 0 Å². The zero-order chi connectivity index (χ0) is 15.4. The van der Waals surface area contributed by atoms with Crippen LogP contribution in [0.15, 0.2) is 24.3 Å². The van der Waals surface area contributed by atoms with E-state index in [0.29, 0.717) is 18.7 Å². The summed E-state index contributed by atoms with van der Waals surface area (Å²) >= 11 is 0. The van der Waals surface area contributed by atoms with Crippen LogP contribution in [0, 0.1) is 5.82 Å². The van der Waals surface area contributed by atoms with E-state index in [9.17, 15) is 14.0 Å². The third-order valence-corrected chi connectivity index (χ3v) is 3.41. The Kier molecular flexibility index (Phi) is 4.57. The van der Waals surface area contributed by atoms with Gasteiger partial charge in [0.2, 0.25) is 5.91 Å². The molecule has 1 saturated heterocycles. The molecule has 0 saturated carbocycles. The highest BCUT2D eigenvalue weighted by molar-refractivity contribution is 5.88. The molecule has 0 bridgehead atoms. The molecule has 1 aliphatic rings. The fourth-order valence-corrected chi connectivity index (χ4v) is 2.34. The van der Waals surface area contributed by atoms with Gasteiger partial charge in [-0.3, -0.25) is 4.79 Å². The number of carboxylic acids is 1. The van der Waals surface area contributed by atoms with Crippen molar-refractivity contribution in [1.82, 2.24) is 4.90 Å². The van der Waals surface area contributed by atoms with Gasteiger partial charge in [0, 0.05) is 31.8 Å². The molecule has 6 heteroatoms. The molecule has 0 atom stereocenters. The fraction of sp³-hybridized carbons (Fsp3) is 0.333. The Hall–Kier alpha value is -2.37. The number of halogens is 1. The first-order chi connectivity index (χ1) is 9.99. The van der Waals surface area contributed by atoms with E-state index in [0.717, 1.165) is 12.5 Å². The van der Waals surface area contributed by atoms with Gasteiger partial charge in [-0.15, -0.1) is 0 Å². The van der Waals surface area contributed by atoms with E-state index in [1.54, 1.807) is 22.9 Å². The smallest absolute Gasteiger partial charge is 0.328 e. The van der Waals surface area contributed by atoms with E-state index >= 15 is 0 Å². The number of nitrogens with zero attached hydrogens (tertiary/aromatic N) is 2. The van der Waals surface area contributed by atoms with Crippen LogP contribution in [0.1, 0.15) is 12.0 Å². The van der Waals surface area contributed by atoms with Gasteiger partial charge in [0.25, 0.3) is 0 Å². The molecule has 2 rings (SSSR count). The lowest BCUT2D eigenvalue weighted by atomic mass is 10.1. The van der Waals surface area contributed by atoms with Gasteiger partial charge >= 0.3 is 5.97 Å². The molecule has 1 aromatic carbocycles. The molecule has 21 heavy (non-hydrogen) atoms. The SMILES string of the molecule is CN1CCCN(c2c(F)cccc2/C=C/C(=O)O)CC1=O. The summed E-state index contributed by atoms with van der Waals surface area (Å²) < 4.78 is 14.2. The minimum atomic E-state index is -1.10. The summed E-state index contributed by atoms with van der Waals surface area (Å²) in [6, 6.07) is 4.47. The zero-order valence-electron chi connectivity index (χ0n) is 11.8. The number of carbonyl (C=O) groups excluding carboxylic acids is 1. The highest BCUT2D eigenvalue weighted by Gasteiger charge is 2.22. The van der Waals surface area contributed by atoms with Crippen LogP contribution in [0.3, 0.4) is 0 Å². The molecule has 5 nitrogen and oxygen atoms in total. The molecular weight excluding hydrogens is 275 g/mol. The molecule has 0 aliphatic carbocycles. The molecule has 1 N–H and O–H groups in total. The van der Waals surface area contributed by atoms with Crippen molar-refractivity contribution in [3.8, 4) is 0 Å². The van der Waals surface area contributed by atoms with E-state index in [4.69, 9.17) is 5.11 Å².